The van der Waals surface area contributed by atoms with Crippen LogP contribution in [-0.4, -0.2) is 32.4 Å². The third-order valence-corrected chi connectivity index (χ3v) is 5.20. The van der Waals surface area contributed by atoms with Gasteiger partial charge in [0.15, 0.2) is 11.4 Å². The molecule has 0 saturated carbocycles. The first-order valence-corrected chi connectivity index (χ1v) is 9.67. The van der Waals surface area contributed by atoms with Crippen LogP contribution in [0.25, 0.3) is 11.1 Å². The van der Waals surface area contributed by atoms with Crippen LogP contribution in [0.5, 0.6) is 0 Å². The van der Waals surface area contributed by atoms with Crippen LogP contribution in [-0.2, 0) is 11.2 Å². The lowest BCUT2D eigenvalue weighted by Crippen LogP contribution is -2.24. The van der Waals surface area contributed by atoms with Crippen LogP contribution in [0.1, 0.15) is 35.1 Å². The van der Waals surface area contributed by atoms with Crippen molar-refractivity contribution in [1.29, 1.82) is 0 Å². The van der Waals surface area contributed by atoms with Gasteiger partial charge < -0.3 is 4.42 Å². The van der Waals surface area contributed by atoms with Crippen molar-refractivity contribution >= 4 is 40.5 Å². The van der Waals surface area contributed by atoms with E-state index in [2.05, 4.69) is 20.3 Å². The van der Waals surface area contributed by atoms with E-state index in [0.29, 0.717) is 40.6 Å². The van der Waals surface area contributed by atoms with Gasteiger partial charge in [-0.15, -0.1) is 0 Å². The minimum absolute atomic E-state index is 0.0747. The number of carbonyl (C=O) groups is 2. The van der Waals surface area contributed by atoms with Gasteiger partial charge in [0.1, 0.15) is 5.52 Å². The molecular formula is C19H18N4O3S. The summed E-state index contributed by atoms with van der Waals surface area (Å²) in [5, 5.41) is 3.14. The molecule has 0 bridgehead atoms. The fourth-order valence-electron chi connectivity index (χ4n) is 3.22. The largest absolute Gasteiger partial charge is 0.431 e. The summed E-state index contributed by atoms with van der Waals surface area (Å²) in [5.74, 6) is 0.429. The molecule has 138 valence electrons. The average Bonchev–Trinajstić information content (AvgIpc) is 3.02. The standard InChI is InChI=1S/C19H18N4O3S/c1-10-7-13-17(14(24)8-10)11(2)20-18(21-13)23-16(25)9-27-19-22-12-5-3-4-6-15(12)26-19/h3-6,10H,7-9H2,1-2H3,(H,20,21,23,25)/t10-/m0/s1. The summed E-state index contributed by atoms with van der Waals surface area (Å²) in [6.07, 6.45) is 1.23. The Morgan fingerprint density at radius 2 is 2.07 bits per heavy atom. The van der Waals surface area contributed by atoms with Crippen LogP contribution >= 0.6 is 11.8 Å². The lowest BCUT2D eigenvalue weighted by molar-refractivity contribution is -0.113. The van der Waals surface area contributed by atoms with Gasteiger partial charge in [-0.05, 0) is 31.4 Å². The SMILES string of the molecule is Cc1nc(NC(=O)CSc2nc3ccccc3o2)nc2c1C(=O)C[C@@H](C)C2. The molecule has 2 heterocycles. The second-order valence-corrected chi connectivity index (χ2v) is 7.60. The van der Waals surface area contributed by atoms with Crippen molar-refractivity contribution in [3.05, 3.63) is 41.2 Å². The van der Waals surface area contributed by atoms with Gasteiger partial charge in [-0.2, -0.15) is 0 Å². The highest BCUT2D eigenvalue weighted by Gasteiger charge is 2.26. The zero-order valence-electron chi connectivity index (χ0n) is 15.0. The normalized spacial score (nSPS) is 16.4. The molecule has 0 radical (unpaired) electrons. The number of oxazole rings is 1. The maximum absolute atomic E-state index is 12.3. The average molecular weight is 382 g/mol. The van der Waals surface area contributed by atoms with Crippen LogP contribution in [0.4, 0.5) is 5.95 Å². The topological polar surface area (TPSA) is 98.0 Å². The van der Waals surface area contributed by atoms with Crippen molar-refractivity contribution in [2.45, 2.75) is 31.9 Å². The van der Waals surface area contributed by atoms with Gasteiger partial charge in [0, 0.05) is 6.42 Å². The number of anilines is 1. The van der Waals surface area contributed by atoms with Gasteiger partial charge in [0.2, 0.25) is 11.9 Å². The summed E-state index contributed by atoms with van der Waals surface area (Å²) in [7, 11) is 0. The summed E-state index contributed by atoms with van der Waals surface area (Å²) in [5.41, 5.74) is 3.37. The molecule has 0 aliphatic heterocycles. The summed E-state index contributed by atoms with van der Waals surface area (Å²) in [4.78, 5) is 37.5. The highest BCUT2D eigenvalue weighted by Crippen LogP contribution is 2.27. The smallest absolute Gasteiger partial charge is 0.257 e. The van der Waals surface area contributed by atoms with Crippen LogP contribution in [0, 0.1) is 12.8 Å². The molecule has 0 saturated heterocycles. The maximum Gasteiger partial charge on any atom is 0.257 e. The molecule has 0 fully saturated rings. The molecule has 3 aromatic rings. The molecule has 1 N–H and O–H groups in total. The van der Waals surface area contributed by atoms with Crippen LogP contribution in [0.2, 0.25) is 0 Å². The van der Waals surface area contributed by atoms with E-state index in [1.165, 1.54) is 11.8 Å². The van der Waals surface area contributed by atoms with E-state index in [1.807, 2.05) is 31.2 Å². The van der Waals surface area contributed by atoms with Crippen LogP contribution < -0.4 is 5.32 Å². The number of Topliss-reactive ketones (excluding diaryl/α,β-unsaturated/α-hetero) is 1. The van der Waals surface area contributed by atoms with Crippen molar-refractivity contribution in [3.8, 4) is 0 Å². The fourth-order valence-corrected chi connectivity index (χ4v) is 3.86. The molecule has 0 spiro atoms. The summed E-state index contributed by atoms with van der Waals surface area (Å²) in [6, 6.07) is 7.44. The lowest BCUT2D eigenvalue weighted by Gasteiger charge is -2.21. The highest BCUT2D eigenvalue weighted by molar-refractivity contribution is 7.99. The van der Waals surface area contributed by atoms with Crippen molar-refractivity contribution in [2.75, 3.05) is 11.1 Å². The Labute approximate surface area is 160 Å². The molecule has 7 nitrogen and oxygen atoms in total. The maximum atomic E-state index is 12.3. The summed E-state index contributed by atoms with van der Waals surface area (Å²) in [6.45, 7) is 3.80. The van der Waals surface area contributed by atoms with E-state index in [-0.39, 0.29) is 29.3 Å². The Bertz CT molecular complexity index is 1010. The number of benzene rings is 1. The molecule has 1 amide bonds. The Balaban J connectivity index is 1.44. The molecule has 27 heavy (non-hydrogen) atoms. The molecule has 1 atom stereocenters. The number of aryl methyl sites for hydroxylation is 1. The molecule has 1 aliphatic rings. The molecule has 0 unspecified atom stereocenters. The molecule has 1 aromatic carbocycles. The predicted molar refractivity (Wildman–Crippen MR) is 102 cm³/mol. The van der Waals surface area contributed by atoms with Gasteiger partial charge in [0.05, 0.1) is 22.7 Å². The number of hydrogen-bond donors (Lipinski definition) is 1. The van der Waals surface area contributed by atoms with Crippen LogP contribution in [0.3, 0.4) is 0 Å². The Kier molecular flexibility index (Phi) is 4.65. The number of para-hydroxylation sites is 2. The quantitative estimate of drug-likeness (QED) is 0.690. The first kappa shape index (κ1) is 17.7. The number of fused-ring (bicyclic) bond motifs is 2. The third-order valence-electron chi connectivity index (χ3n) is 4.37. The number of amides is 1. The van der Waals surface area contributed by atoms with E-state index in [4.69, 9.17) is 4.42 Å². The van der Waals surface area contributed by atoms with Gasteiger partial charge in [0.25, 0.3) is 5.22 Å². The van der Waals surface area contributed by atoms with E-state index in [9.17, 15) is 9.59 Å². The number of ketones is 1. The van der Waals surface area contributed by atoms with E-state index < -0.39 is 0 Å². The zero-order chi connectivity index (χ0) is 19.0. The Morgan fingerprint density at radius 1 is 1.26 bits per heavy atom. The highest BCUT2D eigenvalue weighted by atomic mass is 32.2. The van der Waals surface area contributed by atoms with E-state index in [1.54, 1.807) is 6.92 Å². The monoisotopic (exact) mass is 382 g/mol. The van der Waals surface area contributed by atoms with Crippen molar-refractivity contribution in [1.82, 2.24) is 15.0 Å². The second-order valence-electron chi connectivity index (χ2n) is 6.68. The number of rotatable bonds is 4. The molecular weight excluding hydrogens is 364 g/mol. The summed E-state index contributed by atoms with van der Waals surface area (Å²) >= 11 is 1.21. The predicted octanol–water partition coefficient (Wildman–Crippen LogP) is 3.42. The minimum atomic E-state index is -0.253. The molecule has 1 aliphatic carbocycles. The fraction of sp³-hybridized carbons (Fsp3) is 0.316. The number of thioether (sulfide) groups is 1. The first-order valence-electron chi connectivity index (χ1n) is 8.68. The van der Waals surface area contributed by atoms with Crippen molar-refractivity contribution in [3.63, 3.8) is 0 Å². The first-order chi connectivity index (χ1) is 13.0. The molecule has 8 heteroatoms. The van der Waals surface area contributed by atoms with Gasteiger partial charge in [-0.3, -0.25) is 14.9 Å². The van der Waals surface area contributed by atoms with Crippen molar-refractivity contribution < 1.29 is 14.0 Å². The van der Waals surface area contributed by atoms with Crippen LogP contribution in [0.15, 0.2) is 33.9 Å². The number of hydrogen-bond acceptors (Lipinski definition) is 7. The number of nitrogens with zero attached hydrogens (tertiary/aromatic N) is 3. The summed E-state index contributed by atoms with van der Waals surface area (Å²) < 4.78 is 5.59. The van der Waals surface area contributed by atoms with Gasteiger partial charge in [-0.1, -0.05) is 30.8 Å². The molecule has 2 aromatic heterocycles. The minimum Gasteiger partial charge on any atom is -0.431 e. The Morgan fingerprint density at radius 3 is 2.89 bits per heavy atom. The number of carbonyl (C=O) groups excluding carboxylic acids is 2. The van der Waals surface area contributed by atoms with Crippen molar-refractivity contribution in [2.24, 2.45) is 5.92 Å². The zero-order valence-corrected chi connectivity index (χ0v) is 15.8. The van der Waals surface area contributed by atoms with E-state index in [0.717, 1.165) is 5.52 Å². The second kappa shape index (κ2) is 7.11. The van der Waals surface area contributed by atoms with Gasteiger partial charge in [-0.25, -0.2) is 15.0 Å². The molecule has 4 rings (SSSR count). The Hall–Kier alpha value is -2.74. The third kappa shape index (κ3) is 3.71. The lowest BCUT2D eigenvalue weighted by atomic mass is 9.86. The van der Waals surface area contributed by atoms with E-state index >= 15 is 0 Å². The number of aromatic nitrogens is 3. The van der Waals surface area contributed by atoms with Gasteiger partial charge >= 0.3 is 0 Å². The number of nitrogens with one attached hydrogen (secondary N) is 1.